The van der Waals surface area contributed by atoms with E-state index in [2.05, 4.69) is 47.2 Å². The molecule has 136 valence electrons. The number of rotatable bonds is 3. The van der Waals surface area contributed by atoms with Crippen LogP contribution in [0.4, 0.5) is 5.69 Å². The molecule has 25 heavy (non-hydrogen) atoms. The fourth-order valence-electron chi connectivity index (χ4n) is 3.80. The largest absolute Gasteiger partial charge is 0.364 e. The van der Waals surface area contributed by atoms with E-state index in [1.165, 1.54) is 75.5 Å². The van der Waals surface area contributed by atoms with E-state index in [1.807, 2.05) is 0 Å². The number of hydrogen-bond donors (Lipinski definition) is 2. The molecule has 0 bridgehead atoms. The van der Waals surface area contributed by atoms with Crippen molar-refractivity contribution in [2.75, 3.05) is 5.32 Å². The Hall–Kier alpha value is -1.77. The molecule has 0 saturated heterocycles. The van der Waals surface area contributed by atoms with Gasteiger partial charge in [0, 0.05) is 5.69 Å². The Morgan fingerprint density at radius 3 is 2.52 bits per heavy atom. The zero-order valence-corrected chi connectivity index (χ0v) is 15.5. The maximum atomic E-state index is 4.88. The number of nitrogens with zero attached hydrogens (tertiary/aromatic N) is 1. The van der Waals surface area contributed by atoms with Gasteiger partial charge in [0.05, 0.1) is 5.71 Å². The first kappa shape index (κ1) is 18.0. The first-order valence-corrected chi connectivity index (χ1v) is 10.2. The summed E-state index contributed by atoms with van der Waals surface area (Å²) in [6.07, 6.45) is 18.0. The van der Waals surface area contributed by atoms with Crippen LogP contribution in [0.25, 0.3) is 0 Å². The van der Waals surface area contributed by atoms with Crippen molar-refractivity contribution in [3.63, 3.8) is 0 Å². The van der Waals surface area contributed by atoms with Crippen LogP contribution in [0.3, 0.4) is 0 Å². The molecule has 0 aromatic heterocycles. The number of hydrazone groups is 1. The highest BCUT2D eigenvalue weighted by Gasteiger charge is 2.14. The van der Waals surface area contributed by atoms with Crippen LogP contribution in [-0.4, -0.2) is 11.9 Å². The predicted octanol–water partition coefficient (Wildman–Crippen LogP) is 6.01. The van der Waals surface area contributed by atoms with Gasteiger partial charge in [-0.15, -0.1) is 0 Å². The van der Waals surface area contributed by atoms with Gasteiger partial charge in [0.1, 0.15) is 6.17 Å². The molecule has 1 unspecified atom stereocenters. The topological polar surface area (TPSA) is 36.4 Å². The predicted molar refractivity (Wildman–Crippen MR) is 108 cm³/mol. The minimum Gasteiger partial charge on any atom is -0.364 e. The van der Waals surface area contributed by atoms with Crippen molar-refractivity contribution in [1.29, 1.82) is 0 Å². The molecule has 2 N–H and O–H groups in total. The normalized spacial score (nSPS) is 27.4. The van der Waals surface area contributed by atoms with Crippen molar-refractivity contribution in [1.82, 2.24) is 5.43 Å². The summed E-state index contributed by atoms with van der Waals surface area (Å²) in [5.74, 6) is 0. The summed E-state index contributed by atoms with van der Waals surface area (Å²) >= 11 is 0. The highest BCUT2D eigenvalue weighted by atomic mass is 15.4. The second-order valence-corrected chi connectivity index (χ2v) is 7.39. The summed E-state index contributed by atoms with van der Waals surface area (Å²) in [7, 11) is 0. The Kier molecular flexibility index (Phi) is 7.41. The molecule has 3 rings (SSSR count). The average molecular weight is 340 g/mol. The van der Waals surface area contributed by atoms with Crippen molar-refractivity contribution >= 4 is 11.4 Å². The molecule has 0 radical (unpaired) electrons. The Balaban J connectivity index is 1.68. The van der Waals surface area contributed by atoms with Gasteiger partial charge in [0.15, 0.2) is 0 Å². The molecule has 0 amide bonds. The lowest BCUT2D eigenvalue weighted by Crippen LogP contribution is -2.33. The fraction of sp³-hybridized carbons (Fsp3) is 0.591. The summed E-state index contributed by atoms with van der Waals surface area (Å²) in [6.45, 7) is 0. The molecule has 1 aromatic rings. The zero-order chi connectivity index (χ0) is 17.2. The Labute approximate surface area is 153 Å². The molecule has 1 aliphatic carbocycles. The van der Waals surface area contributed by atoms with E-state index in [-0.39, 0.29) is 6.17 Å². The van der Waals surface area contributed by atoms with Crippen LogP contribution in [0.1, 0.15) is 77.0 Å². The number of para-hydroxylation sites is 1. The number of allylic oxidation sites excluding steroid dienone is 2. The summed E-state index contributed by atoms with van der Waals surface area (Å²) < 4.78 is 0. The molecule has 1 atom stereocenters. The average Bonchev–Trinajstić information content (AvgIpc) is 2.85. The van der Waals surface area contributed by atoms with E-state index in [0.717, 1.165) is 18.5 Å². The lowest BCUT2D eigenvalue weighted by atomic mass is 9.98. The van der Waals surface area contributed by atoms with E-state index in [0.29, 0.717) is 0 Å². The second-order valence-electron chi connectivity index (χ2n) is 7.39. The molecule has 2 aliphatic rings. The highest BCUT2D eigenvalue weighted by molar-refractivity contribution is 5.99. The van der Waals surface area contributed by atoms with Gasteiger partial charge in [0.2, 0.25) is 0 Å². The standard InChI is InChI=1S/C22H33N3/c1-2-4-8-14-19(13-7-3-1)21-17-11-6-12-18-22(25-24-21)23-20-15-9-5-10-16-20/h5,9-10,13,15-16,22-23,25H,1-4,6-8,11-12,14,17-18H2/b19-13+,24-21-. The maximum absolute atomic E-state index is 4.88. The number of nitrogens with one attached hydrogen (secondary N) is 2. The Morgan fingerprint density at radius 1 is 0.840 bits per heavy atom. The lowest BCUT2D eigenvalue weighted by molar-refractivity contribution is 0.519. The van der Waals surface area contributed by atoms with Crippen molar-refractivity contribution in [2.45, 2.75) is 83.2 Å². The molecule has 0 spiro atoms. The minimum atomic E-state index is 0.215. The highest BCUT2D eigenvalue weighted by Crippen LogP contribution is 2.21. The zero-order valence-electron chi connectivity index (χ0n) is 15.5. The van der Waals surface area contributed by atoms with Gasteiger partial charge in [-0.05, 0) is 69.1 Å². The lowest BCUT2D eigenvalue weighted by Gasteiger charge is -2.20. The van der Waals surface area contributed by atoms with E-state index in [9.17, 15) is 0 Å². The van der Waals surface area contributed by atoms with E-state index >= 15 is 0 Å². The molecular weight excluding hydrogens is 306 g/mol. The number of benzene rings is 1. The summed E-state index contributed by atoms with van der Waals surface area (Å²) in [5, 5.41) is 8.48. The molecule has 1 heterocycles. The van der Waals surface area contributed by atoms with Gasteiger partial charge in [-0.1, -0.05) is 50.0 Å². The van der Waals surface area contributed by atoms with Gasteiger partial charge in [-0.2, -0.15) is 5.10 Å². The van der Waals surface area contributed by atoms with Gasteiger partial charge < -0.3 is 5.32 Å². The van der Waals surface area contributed by atoms with Crippen LogP contribution >= 0.6 is 0 Å². The van der Waals surface area contributed by atoms with Crippen LogP contribution in [0.5, 0.6) is 0 Å². The maximum Gasteiger partial charge on any atom is 0.113 e. The van der Waals surface area contributed by atoms with Crippen LogP contribution in [0, 0.1) is 0 Å². The van der Waals surface area contributed by atoms with Gasteiger partial charge in [-0.25, -0.2) is 0 Å². The van der Waals surface area contributed by atoms with Crippen LogP contribution < -0.4 is 10.7 Å². The van der Waals surface area contributed by atoms with Crippen molar-refractivity contribution in [3.05, 3.63) is 42.0 Å². The van der Waals surface area contributed by atoms with E-state index in [4.69, 9.17) is 5.10 Å². The molecule has 3 heteroatoms. The van der Waals surface area contributed by atoms with Crippen LogP contribution in [-0.2, 0) is 0 Å². The quantitative estimate of drug-likeness (QED) is 0.708. The summed E-state index contributed by atoms with van der Waals surface area (Å²) in [4.78, 5) is 0. The number of hydrogen-bond acceptors (Lipinski definition) is 3. The van der Waals surface area contributed by atoms with Crippen LogP contribution in [0.15, 0.2) is 47.1 Å². The molecular formula is C22H33N3. The van der Waals surface area contributed by atoms with Crippen molar-refractivity contribution in [2.24, 2.45) is 5.10 Å². The third kappa shape index (κ3) is 6.22. The van der Waals surface area contributed by atoms with Gasteiger partial charge >= 0.3 is 0 Å². The Bertz CT molecular complexity index is 562. The third-order valence-electron chi connectivity index (χ3n) is 5.29. The second kappa shape index (κ2) is 10.3. The monoisotopic (exact) mass is 339 g/mol. The Morgan fingerprint density at radius 2 is 1.60 bits per heavy atom. The molecule has 1 aliphatic heterocycles. The van der Waals surface area contributed by atoms with Crippen molar-refractivity contribution in [3.8, 4) is 0 Å². The SMILES string of the molecule is C1=C(/C2=N\NC(Nc3ccccc3)CCCCC2)CCCCCCC/1. The first-order valence-electron chi connectivity index (χ1n) is 10.2. The van der Waals surface area contributed by atoms with E-state index < -0.39 is 0 Å². The summed E-state index contributed by atoms with van der Waals surface area (Å²) in [5.41, 5.74) is 7.43. The smallest absolute Gasteiger partial charge is 0.113 e. The van der Waals surface area contributed by atoms with Gasteiger partial charge in [-0.3, -0.25) is 5.43 Å². The minimum absolute atomic E-state index is 0.215. The molecule has 0 fully saturated rings. The van der Waals surface area contributed by atoms with Crippen LogP contribution in [0.2, 0.25) is 0 Å². The molecule has 1 aromatic carbocycles. The number of anilines is 1. The molecule has 0 saturated carbocycles. The first-order chi connectivity index (χ1) is 12.4. The summed E-state index contributed by atoms with van der Waals surface area (Å²) in [6, 6.07) is 10.5. The van der Waals surface area contributed by atoms with Gasteiger partial charge in [0.25, 0.3) is 0 Å². The molecule has 3 nitrogen and oxygen atoms in total. The van der Waals surface area contributed by atoms with E-state index in [1.54, 1.807) is 0 Å². The fourth-order valence-corrected chi connectivity index (χ4v) is 3.80. The van der Waals surface area contributed by atoms with Crippen molar-refractivity contribution < 1.29 is 0 Å². The third-order valence-corrected chi connectivity index (χ3v) is 5.29.